The number of aromatic amines is 1. The number of anilines is 1. The number of nitrogens with one attached hydrogen (secondary N) is 2. The Balaban J connectivity index is 1.19. The standard InChI is InChI=1S/C29H30F3N5O/c1-36-12-14-37(15-13-36)19-23-7-8-25(17-26(23)29(30,31)32)35-27(38)9-4-20-2-5-21(6-3-20)24-16-22-10-11-33-28(22)34-18-24/h2-3,5-8,10-11,16-18H,4,9,12-15,19H2,1H3,(H,33,34)(H,35,38). The van der Waals surface area contributed by atoms with Crippen LogP contribution in [0.25, 0.3) is 22.2 Å². The number of fused-ring (bicyclic) bond motifs is 1. The summed E-state index contributed by atoms with van der Waals surface area (Å²) in [5.74, 6) is -0.323. The highest BCUT2D eigenvalue weighted by Crippen LogP contribution is 2.34. The van der Waals surface area contributed by atoms with E-state index in [1.54, 1.807) is 6.07 Å². The summed E-state index contributed by atoms with van der Waals surface area (Å²) < 4.78 is 41.5. The molecule has 1 aliphatic rings. The average Bonchev–Trinajstić information content (AvgIpc) is 3.37. The number of likely N-dealkylation sites (N-methyl/N-ethyl adjacent to an activating group) is 1. The van der Waals surface area contributed by atoms with Crippen LogP contribution in [-0.2, 0) is 23.9 Å². The summed E-state index contributed by atoms with van der Waals surface area (Å²) in [7, 11) is 2.01. The maximum atomic E-state index is 13.8. The monoisotopic (exact) mass is 521 g/mol. The fraction of sp³-hybridized carbons (Fsp3) is 0.310. The van der Waals surface area contributed by atoms with E-state index in [0.717, 1.165) is 60.0 Å². The predicted molar refractivity (Wildman–Crippen MR) is 143 cm³/mol. The second kappa shape index (κ2) is 11.0. The van der Waals surface area contributed by atoms with E-state index in [-0.39, 0.29) is 30.1 Å². The van der Waals surface area contributed by atoms with Gasteiger partial charge in [-0.05, 0) is 54.4 Å². The molecule has 2 N–H and O–H groups in total. The Hall–Kier alpha value is -3.69. The van der Waals surface area contributed by atoms with Crippen LogP contribution in [0.1, 0.15) is 23.1 Å². The minimum absolute atomic E-state index is 0.160. The molecule has 1 amide bonds. The highest BCUT2D eigenvalue weighted by molar-refractivity contribution is 5.91. The first-order valence-corrected chi connectivity index (χ1v) is 12.7. The van der Waals surface area contributed by atoms with E-state index in [9.17, 15) is 18.0 Å². The van der Waals surface area contributed by atoms with Crippen LogP contribution in [0.3, 0.4) is 0 Å². The number of carbonyl (C=O) groups is 1. The number of rotatable bonds is 7. The van der Waals surface area contributed by atoms with Crippen molar-refractivity contribution < 1.29 is 18.0 Å². The Morgan fingerprint density at radius 1 is 1.00 bits per heavy atom. The molecule has 6 nitrogen and oxygen atoms in total. The van der Waals surface area contributed by atoms with E-state index in [4.69, 9.17) is 0 Å². The number of benzene rings is 2. The van der Waals surface area contributed by atoms with Crippen LogP contribution in [0.15, 0.2) is 67.0 Å². The molecule has 0 bridgehead atoms. The van der Waals surface area contributed by atoms with Crippen LogP contribution in [0.2, 0.25) is 0 Å². The molecule has 1 aliphatic heterocycles. The van der Waals surface area contributed by atoms with E-state index in [2.05, 4.69) is 26.3 Å². The lowest BCUT2D eigenvalue weighted by molar-refractivity contribution is -0.138. The maximum absolute atomic E-state index is 13.8. The number of pyridine rings is 1. The topological polar surface area (TPSA) is 64.3 Å². The van der Waals surface area contributed by atoms with Crippen molar-refractivity contribution in [2.75, 3.05) is 38.5 Å². The van der Waals surface area contributed by atoms with Gasteiger partial charge in [-0.3, -0.25) is 9.69 Å². The minimum atomic E-state index is -4.49. The third kappa shape index (κ3) is 6.23. The maximum Gasteiger partial charge on any atom is 0.416 e. The largest absolute Gasteiger partial charge is 0.416 e. The number of hydrogen-bond acceptors (Lipinski definition) is 4. The van der Waals surface area contributed by atoms with E-state index in [0.29, 0.717) is 6.42 Å². The summed E-state index contributed by atoms with van der Waals surface area (Å²) in [6.07, 6.45) is -0.184. The van der Waals surface area contributed by atoms with Crippen LogP contribution in [0.5, 0.6) is 0 Å². The van der Waals surface area contributed by atoms with Crippen molar-refractivity contribution >= 4 is 22.6 Å². The van der Waals surface area contributed by atoms with Crippen LogP contribution in [0.4, 0.5) is 18.9 Å². The van der Waals surface area contributed by atoms with Gasteiger partial charge in [-0.1, -0.05) is 30.3 Å². The molecule has 0 spiro atoms. The third-order valence-electron chi connectivity index (χ3n) is 7.02. The van der Waals surface area contributed by atoms with Gasteiger partial charge in [-0.2, -0.15) is 13.2 Å². The predicted octanol–water partition coefficient (Wildman–Crippen LogP) is 5.57. The molecule has 0 atom stereocenters. The van der Waals surface area contributed by atoms with Crippen LogP contribution in [0, 0.1) is 0 Å². The third-order valence-corrected chi connectivity index (χ3v) is 7.02. The summed E-state index contributed by atoms with van der Waals surface area (Å²) in [5.41, 5.74) is 3.51. The van der Waals surface area contributed by atoms with Gasteiger partial charge < -0.3 is 15.2 Å². The molecule has 2 aromatic carbocycles. The number of piperazine rings is 1. The number of alkyl halides is 3. The van der Waals surface area contributed by atoms with E-state index < -0.39 is 11.7 Å². The van der Waals surface area contributed by atoms with Gasteiger partial charge in [0, 0.05) is 68.2 Å². The van der Waals surface area contributed by atoms with Crippen LogP contribution in [-0.4, -0.2) is 58.9 Å². The zero-order valence-corrected chi connectivity index (χ0v) is 21.2. The Labute approximate surface area is 219 Å². The second-order valence-electron chi connectivity index (χ2n) is 9.83. The molecule has 38 heavy (non-hydrogen) atoms. The van der Waals surface area contributed by atoms with Crippen LogP contribution >= 0.6 is 0 Å². The van der Waals surface area contributed by atoms with E-state index >= 15 is 0 Å². The zero-order valence-electron chi connectivity index (χ0n) is 21.2. The van der Waals surface area contributed by atoms with Crippen LogP contribution < -0.4 is 5.32 Å². The lowest BCUT2D eigenvalue weighted by atomic mass is 10.0. The van der Waals surface area contributed by atoms with E-state index in [1.807, 2.05) is 54.7 Å². The molecular formula is C29H30F3N5O. The molecule has 0 radical (unpaired) electrons. The quantitative estimate of drug-likeness (QED) is 0.334. The fourth-order valence-corrected chi connectivity index (χ4v) is 4.75. The van der Waals surface area contributed by atoms with Gasteiger partial charge >= 0.3 is 6.18 Å². The summed E-state index contributed by atoms with van der Waals surface area (Å²) in [5, 5.41) is 3.67. The molecule has 9 heteroatoms. The molecule has 3 heterocycles. The number of aryl methyl sites for hydroxylation is 1. The summed E-state index contributed by atoms with van der Waals surface area (Å²) in [6.45, 7) is 3.36. The molecule has 1 saturated heterocycles. The van der Waals surface area contributed by atoms with Gasteiger partial charge in [-0.25, -0.2) is 4.98 Å². The molecule has 5 rings (SSSR count). The number of nitrogens with zero attached hydrogens (tertiary/aromatic N) is 3. The van der Waals surface area contributed by atoms with Crippen molar-refractivity contribution in [3.63, 3.8) is 0 Å². The fourth-order valence-electron chi connectivity index (χ4n) is 4.75. The average molecular weight is 522 g/mol. The normalized spacial score (nSPS) is 15.2. The van der Waals surface area contributed by atoms with Crippen molar-refractivity contribution in [1.82, 2.24) is 19.8 Å². The zero-order chi connectivity index (χ0) is 26.7. The Bertz CT molecular complexity index is 1410. The number of amides is 1. The summed E-state index contributed by atoms with van der Waals surface area (Å²) >= 11 is 0. The second-order valence-corrected chi connectivity index (χ2v) is 9.83. The van der Waals surface area contributed by atoms with Gasteiger partial charge in [0.05, 0.1) is 5.56 Å². The first-order chi connectivity index (χ1) is 18.2. The van der Waals surface area contributed by atoms with Gasteiger partial charge in [0.1, 0.15) is 5.65 Å². The molecule has 198 valence electrons. The van der Waals surface area contributed by atoms with Crippen molar-refractivity contribution in [2.24, 2.45) is 0 Å². The molecule has 4 aromatic rings. The van der Waals surface area contributed by atoms with Gasteiger partial charge in [0.15, 0.2) is 0 Å². The van der Waals surface area contributed by atoms with Crippen molar-refractivity contribution in [3.8, 4) is 11.1 Å². The van der Waals surface area contributed by atoms with E-state index in [1.165, 1.54) is 6.07 Å². The SMILES string of the molecule is CN1CCN(Cc2ccc(NC(=O)CCc3ccc(-c4cnc5[nH]ccc5c4)cc3)cc2C(F)(F)F)CC1. The van der Waals surface area contributed by atoms with Crippen molar-refractivity contribution in [3.05, 3.63) is 83.7 Å². The Kier molecular flexibility index (Phi) is 7.49. The Morgan fingerprint density at radius 2 is 1.76 bits per heavy atom. The summed E-state index contributed by atoms with van der Waals surface area (Å²) in [4.78, 5) is 24.2. The first kappa shape index (κ1) is 25.9. The lowest BCUT2D eigenvalue weighted by Crippen LogP contribution is -2.44. The molecule has 0 unspecified atom stereocenters. The van der Waals surface area contributed by atoms with Gasteiger partial charge in [0.2, 0.25) is 5.91 Å². The number of hydrogen-bond donors (Lipinski definition) is 2. The number of halogens is 3. The van der Waals surface area contributed by atoms with Gasteiger partial charge in [-0.15, -0.1) is 0 Å². The van der Waals surface area contributed by atoms with Crippen molar-refractivity contribution in [1.29, 1.82) is 0 Å². The smallest absolute Gasteiger partial charge is 0.346 e. The highest BCUT2D eigenvalue weighted by atomic mass is 19.4. The molecule has 2 aromatic heterocycles. The Morgan fingerprint density at radius 3 is 2.50 bits per heavy atom. The molecule has 0 aliphatic carbocycles. The lowest BCUT2D eigenvalue weighted by Gasteiger charge is -2.33. The number of H-pyrrole nitrogens is 1. The van der Waals surface area contributed by atoms with Gasteiger partial charge in [0.25, 0.3) is 0 Å². The van der Waals surface area contributed by atoms with Crippen molar-refractivity contribution in [2.45, 2.75) is 25.6 Å². The number of aromatic nitrogens is 2. The molecular weight excluding hydrogens is 491 g/mol. The first-order valence-electron chi connectivity index (χ1n) is 12.7. The minimum Gasteiger partial charge on any atom is -0.346 e. The summed E-state index contributed by atoms with van der Waals surface area (Å²) in [6, 6.07) is 16.0. The molecule has 0 saturated carbocycles. The number of carbonyl (C=O) groups excluding carboxylic acids is 1. The molecule has 1 fully saturated rings. The highest BCUT2D eigenvalue weighted by Gasteiger charge is 2.34.